The second kappa shape index (κ2) is 4.85. The minimum absolute atomic E-state index is 0.142. The number of halogens is 5. The average Bonchev–Trinajstić information content (AvgIpc) is 2.27. The fourth-order valence-electron chi connectivity index (χ4n) is 1.82. The molecule has 0 bridgehead atoms. The van der Waals surface area contributed by atoms with Crippen LogP contribution in [0.1, 0.15) is 12.0 Å². The van der Waals surface area contributed by atoms with Gasteiger partial charge in [0, 0.05) is 12.0 Å². The van der Waals surface area contributed by atoms with E-state index in [1.807, 2.05) is 30.3 Å². The first-order valence-corrected chi connectivity index (χ1v) is 6.81. The third kappa shape index (κ3) is 2.88. The highest BCUT2D eigenvalue weighted by atomic mass is 79.9. The van der Waals surface area contributed by atoms with Gasteiger partial charge in [0.2, 0.25) is 0 Å². The molecule has 0 heterocycles. The van der Waals surface area contributed by atoms with Gasteiger partial charge in [0.25, 0.3) is 0 Å². The first-order chi connectivity index (χ1) is 8.31. The molecule has 0 aliphatic heterocycles. The zero-order chi connectivity index (χ0) is 13.4. The average molecular weight is 382 g/mol. The highest BCUT2D eigenvalue weighted by molar-refractivity contribution is 9.25. The van der Waals surface area contributed by atoms with Gasteiger partial charge in [0.1, 0.15) is 3.23 Å². The standard InChI is InChI=1S/C13H9Br2F3/c14-12(15)8-10(13(16,17)18)6-7-11(12)9-4-2-1-3-5-9/h1-7H,8H2. The van der Waals surface area contributed by atoms with Gasteiger partial charge < -0.3 is 0 Å². The van der Waals surface area contributed by atoms with Gasteiger partial charge in [0.05, 0.1) is 0 Å². The van der Waals surface area contributed by atoms with Crippen LogP contribution in [0.25, 0.3) is 5.57 Å². The summed E-state index contributed by atoms with van der Waals surface area (Å²) < 4.78 is 37.2. The first kappa shape index (κ1) is 13.9. The van der Waals surface area contributed by atoms with Crippen molar-refractivity contribution in [2.24, 2.45) is 0 Å². The van der Waals surface area contributed by atoms with Gasteiger partial charge >= 0.3 is 6.18 Å². The molecule has 1 aliphatic carbocycles. The van der Waals surface area contributed by atoms with Crippen molar-refractivity contribution in [1.82, 2.24) is 0 Å². The van der Waals surface area contributed by atoms with E-state index in [1.165, 1.54) is 6.08 Å². The molecule has 0 unspecified atom stereocenters. The van der Waals surface area contributed by atoms with E-state index in [1.54, 1.807) is 0 Å². The third-order valence-corrected chi connectivity index (χ3v) is 4.12. The van der Waals surface area contributed by atoms with Crippen molar-refractivity contribution in [2.75, 3.05) is 0 Å². The van der Waals surface area contributed by atoms with Crippen LogP contribution < -0.4 is 0 Å². The summed E-state index contributed by atoms with van der Waals surface area (Å²) in [6.45, 7) is 0. The molecular formula is C13H9Br2F3. The molecule has 0 radical (unpaired) electrons. The van der Waals surface area contributed by atoms with E-state index < -0.39 is 15.0 Å². The lowest BCUT2D eigenvalue weighted by molar-refractivity contribution is -0.0939. The molecule has 0 fully saturated rings. The van der Waals surface area contributed by atoms with Gasteiger partial charge in [-0.25, -0.2) is 0 Å². The van der Waals surface area contributed by atoms with Crippen LogP contribution in [0, 0.1) is 0 Å². The zero-order valence-electron chi connectivity index (χ0n) is 9.14. The van der Waals surface area contributed by atoms with E-state index >= 15 is 0 Å². The van der Waals surface area contributed by atoms with Crippen LogP contribution in [0.4, 0.5) is 13.2 Å². The Kier molecular flexibility index (Phi) is 3.74. The summed E-state index contributed by atoms with van der Waals surface area (Å²) in [6.07, 6.45) is -1.78. The lowest BCUT2D eigenvalue weighted by Gasteiger charge is -2.29. The molecule has 2 rings (SSSR count). The Morgan fingerprint density at radius 1 is 1.00 bits per heavy atom. The number of alkyl halides is 5. The van der Waals surface area contributed by atoms with Gasteiger partial charge in [0.15, 0.2) is 0 Å². The molecule has 0 nitrogen and oxygen atoms in total. The molecule has 0 N–H and O–H groups in total. The summed E-state index contributed by atoms with van der Waals surface area (Å²) in [7, 11) is 0. The number of rotatable bonds is 1. The SMILES string of the molecule is FC(F)(F)C1=CC=C(c2ccccc2)C(Br)(Br)C1. The molecule has 0 saturated carbocycles. The number of benzene rings is 1. The van der Waals surface area contributed by atoms with E-state index in [9.17, 15) is 13.2 Å². The van der Waals surface area contributed by atoms with Gasteiger partial charge in [-0.15, -0.1) is 0 Å². The summed E-state index contributed by atoms with van der Waals surface area (Å²) in [6, 6.07) is 9.32. The molecule has 5 heteroatoms. The summed E-state index contributed by atoms with van der Waals surface area (Å²) in [5, 5.41) is 0. The fraction of sp³-hybridized carbons (Fsp3) is 0.231. The molecule has 0 amide bonds. The summed E-state index contributed by atoms with van der Waals surface area (Å²) in [5.74, 6) is 0. The van der Waals surface area contributed by atoms with Crippen LogP contribution in [0.3, 0.4) is 0 Å². The molecule has 0 aromatic heterocycles. The van der Waals surface area contributed by atoms with Crippen molar-refractivity contribution in [3.63, 3.8) is 0 Å². The number of hydrogen-bond donors (Lipinski definition) is 0. The Balaban J connectivity index is 2.43. The van der Waals surface area contributed by atoms with Crippen LogP contribution in [0.5, 0.6) is 0 Å². The van der Waals surface area contributed by atoms with Crippen molar-refractivity contribution < 1.29 is 13.2 Å². The third-order valence-electron chi connectivity index (χ3n) is 2.71. The quantitative estimate of drug-likeness (QED) is 0.567. The van der Waals surface area contributed by atoms with Crippen LogP contribution in [-0.2, 0) is 0 Å². The monoisotopic (exact) mass is 380 g/mol. The molecule has 0 atom stereocenters. The van der Waals surface area contributed by atoms with Crippen LogP contribution in [0.15, 0.2) is 48.1 Å². The number of hydrogen-bond acceptors (Lipinski definition) is 0. The van der Waals surface area contributed by atoms with E-state index in [-0.39, 0.29) is 6.42 Å². The Bertz CT molecular complexity index is 499. The van der Waals surface area contributed by atoms with E-state index in [4.69, 9.17) is 0 Å². The van der Waals surface area contributed by atoms with E-state index in [0.29, 0.717) is 0 Å². The van der Waals surface area contributed by atoms with Crippen molar-refractivity contribution in [2.45, 2.75) is 15.8 Å². The fourth-order valence-corrected chi connectivity index (χ4v) is 3.15. The maximum absolute atomic E-state index is 12.7. The Hall–Kier alpha value is -0.550. The smallest absolute Gasteiger partial charge is 0.166 e. The summed E-state index contributed by atoms with van der Waals surface area (Å²) in [5.41, 5.74) is 1.13. The molecule has 1 aromatic rings. The Labute approximate surface area is 120 Å². The van der Waals surface area contributed by atoms with Crippen molar-refractivity contribution in [3.05, 3.63) is 53.6 Å². The van der Waals surface area contributed by atoms with Crippen molar-refractivity contribution >= 4 is 37.4 Å². The van der Waals surface area contributed by atoms with E-state index in [0.717, 1.165) is 17.2 Å². The first-order valence-electron chi connectivity index (χ1n) is 5.22. The molecule has 0 spiro atoms. The van der Waals surface area contributed by atoms with Gasteiger partial charge in [-0.3, -0.25) is 0 Å². The lowest BCUT2D eigenvalue weighted by Crippen LogP contribution is -2.24. The Morgan fingerprint density at radius 2 is 1.61 bits per heavy atom. The molecular weight excluding hydrogens is 373 g/mol. The van der Waals surface area contributed by atoms with Gasteiger partial charge in [-0.05, 0) is 11.1 Å². The van der Waals surface area contributed by atoms with Gasteiger partial charge in [-0.1, -0.05) is 74.3 Å². The largest absolute Gasteiger partial charge is 0.412 e. The maximum Gasteiger partial charge on any atom is 0.412 e. The highest BCUT2D eigenvalue weighted by Crippen LogP contribution is 2.50. The second-order valence-electron chi connectivity index (χ2n) is 4.02. The maximum atomic E-state index is 12.7. The van der Waals surface area contributed by atoms with E-state index in [2.05, 4.69) is 31.9 Å². The molecule has 96 valence electrons. The van der Waals surface area contributed by atoms with Crippen molar-refractivity contribution in [1.29, 1.82) is 0 Å². The normalized spacial score (nSPS) is 19.2. The predicted molar refractivity (Wildman–Crippen MR) is 73.8 cm³/mol. The second-order valence-corrected chi connectivity index (χ2v) is 7.79. The summed E-state index contributed by atoms with van der Waals surface area (Å²) in [4.78, 5) is 0. The van der Waals surface area contributed by atoms with Gasteiger partial charge in [-0.2, -0.15) is 13.2 Å². The number of allylic oxidation sites excluding steroid dienone is 4. The topological polar surface area (TPSA) is 0 Å². The lowest BCUT2D eigenvalue weighted by atomic mass is 9.93. The van der Waals surface area contributed by atoms with Crippen LogP contribution in [-0.4, -0.2) is 9.41 Å². The highest BCUT2D eigenvalue weighted by Gasteiger charge is 2.42. The Morgan fingerprint density at radius 3 is 2.11 bits per heavy atom. The molecule has 1 aromatic carbocycles. The van der Waals surface area contributed by atoms with Crippen LogP contribution >= 0.6 is 31.9 Å². The minimum Gasteiger partial charge on any atom is -0.166 e. The molecule has 18 heavy (non-hydrogen) atoms. The minimum atomic E-state index is -4.29. The van der Waals surface area contributed by atoms with Crippen LogP contribution in [0.2, 0.25) is 0 Å². The predicted octanol–water partition coefficient (Wildman–Crippen LogP) is 5.45. The summed E-state index contributed by atoms with van der Waals surface area (Å²) >= 11 is 6.67. The molecule has 1 aliphatic rings. The zero-order valence-corrected chi connectivity index (χ0v) is 12.3. The molecule has 0 saturated heterocycles. The van der Waals surface area contributed by atoms with Crippen molar-refractivity contribution in [3.8, 4) is 0 Å².